The van der Waals surface area contributed by atoms with E-state index in [4.69, 9.17) is 16.3 Å². The van der Waals surface area contributed by atoms with E-state index in [0.29, 0.717) is 19.3 Å². The Hall–Kier alpha value is -2.54. The Bertz CT molecular complexity index is 991. The second-order valence-electron chi connectivity index (χ2n) is 7.95. The first-order chi connectivity index (χ1) is 13.7. The second-order valence-corrected chi connectivity index (χ2v) is 8.36. The molecular formula is C21H17ClF3NO3. The van der Waals surface area contributed by atoms with Gasteiger partial charge in [0.2, 0.25) is 0 Å². The zero-order chi connectivity index (χ0) is 20.8. The first-order valence-electron chi connectivity index (χ1n) is 9.07. The lowest BCUT2D eigenvalue weighted by atomic mass is 9.38. The lowest BCUT2D eigenvalue weighted by Crippen LogP contribution is -2.75. The van der Waals surface area contributed by atoms with Gasteiger partial charge in [0.1, 0.15) is 11.6 Å². The number of ketones is 1. The Morgan fingerprint density at radius 2 is 1.72 bits per heavy atom. The van der Waals surface area contributed by atoms with Gasteiger partial charge in [-0.1, -0.05) is 11.6 Å². The Morgan fingerprint density at radius 3 is 2.38 bits per heavy atom. The van der Waals surface area contributed by atoms with Crippen molar-refractivity contribution in [3.63, 3.8) is 0 Å². The van der Waals surface area contributed by atoms with Gasteiger partial charge in [-0.05, 0) is 55.0 Å². The quantitative estimate of drug-likeness (QED) is 0.669. The van der Waals surface area contributed by atoms with Crippen molar-refractivity contribution in [1.82, 2.24) is 5.32 Å². The van der Waals surface area contributed by atoms with E-state index >= 15 is 0 Å². The van der Waals surface area contributed by atoms with Crippen LogP contribution in [0.2, 0.25) is 5.02 Å². The highest BCUT2D eigenvalue weighted by Gasteiger charge is 2.68. The van der Waals surface area contributed by atoms with Gasteiger partial charge < -0.3 is 10.1 Å². The van der Waals surface area contributed by atoms with Crippen LogP contribution in [0.4, 0.5) is 13.2 Å². The Kier molecular flexibility index (Phi) is 4.81. The summed E-state index contributed by atoms with van der Waals surface area (Å²) in [6.07, 6.45) is 2.18. The molecule has 0 spiro atoms. The SMILES string of the molecule is O=C(COc1ccc(Cl)c(F)c1)NC12CC(CC(=O)c3ccc(F)c(F)c3)(C1)C2. The number of carbonyl (C=O) groups is 2. The first-order valence-corrected chi connectivity index (χ1v) is 9.44. The van der Waals surface area contributed by atoms with Crippen LogP contribution in [0.3, 0.4) is 0 Å². The largest absolute Gasteiger partial charge is 0.484 e. The molecule has 29 heavy (non-hydrogen) atoms. The van der Waals surface area contributed by atoms with Gasteiger partial charge in [-0.3, -0.25) is 9.59 Å². The Morgan fingerprint density at radius 1 is 1.00 bits per heavy atom. The number of benzene rings is 2. The normalized spacial score (nSPS) is 24.3. The van der Waals surface area contributed by atoms with Crippen molar-refractivity contribution in [3.8, 4) is 5.75 Å². The number of rotatable bonds is 7. The molecule has 3 fully saturated rings. The summed E-state index contributed by atoms with van der Waals surface area (Å²) >= 11 is 5.60. The maximum absolute atomic E-state index is 13.4. The third kappa shape index (κ3) is 3.83. The molecule has 2 aromatic carbocycles. The average molecular weight is 424 g/mol. The smallest absolute Gasteiger partial charge is 0.258 e. The predicted molar refractivity (Wildman–Crippen MR) is 99.4 cm³/mol. The minimum atomic E-state index is -1.04. The van der Waals surface area contributed by atoms with Crippen molar-refractivity contribution in [2.24, 2.45) is 5.41 Å². The molecule has 0 heterocycles. The molecule has 152 valence electrons. The van der Waals surface area contributed by atoms with Crippen molar-refractivity contribution in [2.45, 2.75) is 31.2 Å². The highest BCUT2D eigenvalue weighted by atomic mass is 35.5. The van der Waals surface area contributed by atoms with E-state index in [-0.39, 0.29) is 52.0 Å². The first kappa shape index (κ1) is 19.8. The Balaban J connectivity index is 1.25. The monoisotopic (exact) mass is 423 g/mol. The summed E-state index contributed by atoms with van der Waals surface area (Å²) in [4.78, 5) is 24.5. The lowest BCUT2D eigenvalue weighted by molar-refractivity contribution is -0.164. The minimum Gasteiger partial charge on any atom is -0.484 e. The van der Waals surface area contributed by atoms with E-state index in [1.165, 1.54) is 18.2 Å². The maximum atomic E-state index is 13.4. The number of nitrogens with one attached hydrogen (secondary N) is 1. The molecule has 2 aromatic rings. The molecule has 0 aliphatic heterocycles. The second kappa shape index (κ2) is 7.06. The van der Waals surface area contributed by atoms with Gasteiger partial charge in [-0.15, -0.1) is 0 Å². The van der Waals surface area contributed by atoms with E-state index in [0.717, 1.165) is 18.2 Å². The topological polar surface area (TPSA) is 55.4 Å². The molecule has 0 saturated heterocycles. The summed E-state index contributed by atoms with van der Waals surface area (Å²) in [6.45, 7) is -0.260. The van der Waals surface area contributed by atoms with Crippen LogP contribution in [0, 0.1) is 22.9 Å². The molecule has 3 aliphatic rings. The number of hydrogen-bond donors (Lipinski definition) is 1. The van der Waals surface area contributed by atoms with Gasteiger partial charge in [0.15, 0.2) is 24.0 Å². The molecule has 5 rings (SSSR count). The number of amides is 1. The van der Waals surface area contributed by atoms with Gasteiger partial charge >= 0.3 is 0 Å². The number of hydrogen-bond acceptors (Lipinski definition) is 3. The summed E-state index contributed by atoms with van der Waals surface area (Å²) in [5.74, 6) is -3.03. The average Bonchev–Trinajstić information content (AvgIpc) is 2.62. The van der Waals surface area contributed by atoms with Gasteiger partial charge in [-0.25, -0.2) is 13.2 Å². The summed E-state index contributed by atoms with van der Waals surface area (Å²) in [5, 5.41) is 2.88. The third-order valence-electron chi connectivity index (χ3n) is 5.58. The molecule has 4 nitrogen and oxygen atoms in total. The summed E-state index contributed by atoms with van der Waals surface area (Å²) in [7, 11) is 0. The van der Waals surface area contributed by atoms with Crippen molar-refractivity contribution in [1.29, 1.82) is 0 Å². The zero-order valence-corrected chi connectivity index (χ0v) is 16.0. The van der Waals surface area contributed by atoms with E-state index < -0.39 is 17.5 Å². The molecule has 3 saturated carbocycles. The fraction of sp³-hybridized carbons (Fsp3) is 0.333. The fourth-order valence-corrected chi connectivity index (χ4v) is 4.60. The fourth-order valence-electron chi connectivity index (χ4n) is 4.48. The van der Waals surface area contributed by atoms with Crippen LogP contribution in [0.1, 0.15) is 36.0 Å². The van der Waals surface area contributed by atoms with Gasteiger partial charge in [-0.2, -0.15) is 0 Å². The van der Waals surface area contributed by atoms with Crippen molar-refractivity contribution >= 4 is 23.3 Å². The van der Waals surface area contributed by atoms with Crippen LogP contribution < -0.4 is 10.1 Å². The predicted octanol–water partition coefficient (Wildman–Crippen LogP) is 4.45. The standard InChI is InChI=1S/C21H17ClF3NO3/c22-14-3-2-13(6-16(14)24)29-8-19(28)26-21-9-20(10-21,11-21)7-18(27)12-1-4-15(23)17(25)5-12/h1-6H,7-11H2,(H,26,28). The van der Waals surface area contributed by atoms with Crippen LogP contribution in [-0.4, -0.2) is 23.8 Å². The van der Waals surface area contributed by atoms with Gasteiger partial charge in [0.25, 0.3) is 5.91 Å². The van der Waals surface area contributed by atoms with E-state index in [9.17, 15) is 22.8 Å². The molecule has 2 bridgehead atoms. The number of Topliss-reactive ketones (excluding diaryl/α,β-unsaturated/α-hetero) is 1. The molecule has 1 N–H and O–H groups in total. The molecular weight excluding hydrogens is 407 g/mol. The summed E-state index contributed by atoms with van der Waals surface area (Å²) in [6, 6.07) is 7.06. The van der Waals surface area contributed by atoms with Crippen LogP contribution in [0.15, 0.2) is 36.4 Å². The zero-order valence-electron chi connectivity index (χ0n) is 15.2. The molecule has 0 atom stereocenters. The van der Waals surface area contributed by atoms with Crippen molar-refractivity contribution < 1.29 is 27.5 Å². The third-order valence-corrected chi connectivity index (χ3v) is 5.89. The lowest BCUT2D eigenvalue weighted by Gasteiger charge is -2.70. The van der Waals surface area contributed by atoms with Crippen molar-refractivity contribution in [2.75, 3.05) is 6.61 Å². The molecule has 0 aromatic heterocycles. The van der Waals surface area contributed by atoms with E-state index in [2.05, 4.69) is 5.32 Å². The molecule has 0 unspecified atom stereocenters. The van der Waals surface area contributed by atoms with Crippen LogP contribution in [-0.2, 0) is 4.79 Å². The molecule has 3 aliphatic carbocycles. The Labute approximate surface area is 170 Å². The van der Waals surface area contributed by atoms with Crippen LogP contribution >= 0.6 is 11.6 Å². The molecule has 1 amide bonds. The molecule has 8 heteroatoms. The van der Waals surface area contributed by atoms with Gasteiger partial charge in [0, 0.05) is 23.6 Å². The van der Waals surface area contributed by atoms with Crippen LogP contribution in [0.25, 0.3) is 0 Å². The van der Waals surface area contributed by atoms with E-state index in [1.807, 2.05) is 0 Å². The highest BCUT2D eigenvalue weighted by Crippen LogP contribution is 2.69. The summed E-state index contributed by atoms with van der Waals surface area (Å²) in [5.41, 5.74) is -0.398. The van der Waals surface area contributed by atoms with Crippen LogP contribution in [0.5, 0.6) is 5.75 Å². The van der Waals surface area contributed by atoms with E-state index in [1.54, 1.807) is 0 Å². The highest BCUT2D eigenvalue weighted by molar-refractivity contribution is 6.30. The van der Waals surface area contributed by atoms with Crippen molar-refractivity contribution in [3.05, 3.63) is 64.4 Å². The number of halogens is 4. The molecule has 0 radical (unpaired) electrons. The number of ether oxygens (including phenoxy) is 1. The maximum Gasteiger partial charge on any atom is 0.258 e. The summed E-state index contributed by atoms with van der Waals surface area (Å²) < 4.78 is 45.0. The number of carbonyl (C=O) groups excluding carboxylic acids is 2. The minimum absolute atomic E-state index is 0.0288. The van der Waals surface area contributed by atoms with Gasteiger partial charge in [0.05, 0.1) is 5.02 Å².